The van der Waals surface area contributed by atoms with E-state index in [2.05, 4.69) is 33.7 Å². The van der Waals surface area contributed by atoms with E-state index in [0.717, 1.165) is 29.6 Å². The summed E-state index contributed by atoms with van der Waals surface area (Å²) in [6, 6.07) is 0.665. The van der Waals surface area contributed by atoms with Gasteiger partial charge in [-0.3, -0.25) is 4.98 Å². The summed E-state index contributed by atoms with van der Waals surface area (Å²) in [7, 11) is 1.97. The fraction of sp³-hybridized carbons (Fsp3) is 0.588. The number of hydrogen-bond acceptors (Lipinski definition) is 4. The standard InChI is InChI=1S/C17H25N5/c1-13(2)22-7-4-14(5-8-22)10-15-11-20-16(12-19-15)17-18-6-9-21(17)3/h6,9,11-14H,4-5,7-8,10H2,1-3H3. The lowest BCUT2D eigenvalue weighted by molar-refractivity contribution is 0.149. The molecule has 2 aromatic rings. The lowest BCUT2D eigenvalue weighted by atomic mass is 9.92. The van der Waals surface area contributed by atoms with Gasteiger partial charge in [0, 0.05) is 31.7 Å². The minimum Gasteiger partial charge on any atom is -0.333 e. The second kappa shape index (κ2) is 6.57. The molecule has 1 saturated heterocycles. The molecule has 1 aliphatic heterocycles. The summed E-state index contributed by atoms with van der Waals surface area (Å²) in [6.07, 6.45) is 11.0. The van der Waals surface area contributed by atoms with Crippen LogP contribution in [-0.4, -0.2) is 43.6 Å². The first-order valence-electron chi connectivity index (χ1n) is 8.16. The number of imidazole rings is 1. The van der Waals surface area contributed by atoms with Crippen LogP contribution in [0.15, 0.2) is 24.8 Å². The van der Waals surface area contributed by atoms with Gasteiger partial charge in [0.15, 0.2) is 5.82 Å². The van der Waals surface area contributed by atoms with E-state index in [0.29, 0.717) is 6.04 Å². The summed E-state index contributed by atoms with van der Waals surface area (Å²) in [4.78, 5) is 16.0. The molecule has 0 aliphatic carbocycles. The predicted molar refractivity (Wildman–Crippen MR) is 87.4 cm³/mol. The molecule has 22 heavy (non-hydrogen) atoms. The van der Waals surface area contributed by atoms with Gasteiger partial charge in [0.05, 0.1) is 11.9 Å². The quantitative estimate of drug-likeness (QED) is 0.870. The fourth-order valence-corrected chi connectivity index (χ4v) is 3.16. The Morgan fingerprint density at radius 3 is 2.45 bits per heavy atom. The Kier molecular flexibility index (Phi) is 4.52. The first-order valence-corrected chi connectivity index (χ1v) is 8.16. The van der Waals surface area contributed by atoms with Crippen LogP contribution in [0.25, 0.3) is 11.5 Å². The van der Waals surface area contributed by atoms with Crippen molar-refractivity contribution in [2.45, 2.75) is 39.2 Å². The highest BCUT2D eigenvalue weighted by molar-refractivity contribution is 5.47. The highest BCUT2D eigenvalue weighted by atomic mass is 15.1. The minimum absolute atomic E-state index is 0.665. The van der Waals surface area contributed by atoms with Gasteiger partial charge in [0.2, 0.25) is 0 Å². The van der Waals surface area contributed by atoms with Crippen molar-refractivity contribution in [2.75, 3.05) is 13.1 Å². The predicted octanol–water partition coefficient (Wildman–Crippen LogP) is 2.54. The highest BCUT2D eigenvalue weighted by Crippen LogP contribution is 2.22. The Labute approximate surface area is 132 Å². The van der Waals surface area contributed by atoms with Gasteiger partial charge in [-0.1, -0.05) is 0 Å². The molecule has 5 nitrogen and oxygen atoms in total. The number of rotatable bonds is 4. The van der Waals surface area contributed by atoms with E-state index < -0.39 is 0 Å². The average molecular weight is 299 g/mol. The van der Waals surface area contributed by atoms with Gasteiger partial charge in [0.25, 0.3) is 0 Å². The molecule has 118 valence electrons. The van der Waals surface area contributed by atoms with Gasteiger partial charge in [-0.25, -0.2) is 9.97 Å². The molecule has 3 heterocycles. The van der Waals surface area contributed by atoms with Gasteiger partial charge >= 0.3 is 0 Å². The summed E-state index contributed by atoms with van der Waals surface area (Å²) < 4.78 is 1.96. The summed E-state index contributed by atoms with van der Waals surface area (Å²) >= 11 is 0. The second-order valence-corrected chi connectivity index (χ2v) is 6.53. The topological polar surface area (TPSA) is 46.8 Å². The van der Waals surface area contributed by atoms with Crippen molar-refractivity contribution in [2.24, 2.45) is 13.0 Å². The molecule has 0 amide bonds. The van der Waals surface area contributed by atoms with Gasteiger partial charge in [-0.2, -0.15) is 0 Å². The fourth-order valence-electron chi connectivity index (χ4n) is 3.16. The van der Waals surface area contributed by atoms with Crippen LogP contribution in [0.1, 0.15) is 32.4 Å². The number of aryl methyl sites for hydroxylation is 1. The zero-order valence-electron chi connectivity index (χ0n) is 13.7. The molecule has 0 unspecified atom stereocenters. The van der Waals surface area contributed by atoms with E-state index in [1.54, 1.807) is 6.20 Å². The number of nitrogens with zero attached hydrogens (tertiary/aromatic N) is 5. The van der Waals surface area contributed by atoms with Crippen LogP contribution in [0.3, 0.4) is 0 Å². The smallest absolute Gasteiger partial charge is 0.159 e. The van der Waals surface area contributed by atoms with Crippen molar-refractivity contribution in [1.82, 2.24) is 24.4 Å². The largest absolute Gasteiger partial charge is 0.333 e. The van der Waals surface area contributed by atoms with Crippen LogP contribution >= 0.6 is 0 Å². The monoisotopic (exact) mass is 299 g/mol. The molecule has 0 aromatic carbocycles. The maximum absolute atomic E-state index is 4.59. The molecule has 0 bridgehead atoms. The lowest BCUT2D eigenvalue weighted by Gasteiger charge is -2.34. The molecule has 0 radical (unpaired) electrons. The SMILES string of the molecule is CC(C)N1CCC(Cc2cnc(-c3nccn3C)cn2)CC1. The van der Waals surface area contributed by atoms with Crippen LogP contribution < -0.4 is 0 Å². The van der Waals surface area contributed by atoms with Crippen molar-refractivity contribution in [1.29, 1.82) is 0 Å². The molecule has 0 N–H and O–H groups in total. The van der Waals surface area contributed by atoms with Crippen LogP contribution in [0.5, 0.6) is 0 Å². The van der Waals surface area contributed by atoms with E-state index in [4.69, 9.17) is 0 Å². The maximum atomic E-state index is 4.59. The molecule has 2 aromatic heterocycles. The van der Waals surface area contributed by atoms with Crippen molar-refractivity contribution >= 4 is 0 Å². The molecule has 5 heteroatoms. The maximum Gasteiger partial charge on any atom is 0.159 e. The molecule has 1 aliphatic rings. The lowest BCUT2D eigenvalue weighted by Crippen LogP contribution is -2.38. The molecular weight excluding hydrogens is 274 g/mol. The van der Waals surface area contributed by atoms with E-state index >= 15 is 0 Å². The average Bonchev–Trinajstić information content (AvgIpc) is 2.95. The minimum atomic E-state index is 0.665. The van der Waals surface area contributed by atoms with Crippen LogP contribution in [-0.2, 0) is 13.5 Å². The van der Waals surface area contributed by atoms with Crippen LogP contribution in [0.4, 0.5) is 0 Å². The second-order valence-electron chi connectivity index (χ2n) is 6.53. The first kappa shape index (κ1) is 15.2. The van der Waals surface area contributed by atoms with Crippen molar-refractivity contribution in [3.63, 3.8) is 0 Å². The number of hydrogen-bond donors (Lipinski definition) is 0. The number of piperidine rings is 1. The molecule has 3 rings (SSSR count). The van der Waals surface area contributed by atoms with Crippen molar-refractivity contribution in [3.8, 4) is 11.5 Å². The highest BCUT2D eigenvalue weighted by Gasteiger charge is 2.21. The Morgan fingerprint density at radius 2 is 1.91 bits per heavy atom. The summed E-state index contributed by atoms with van der Waals surface area (Å²) in [5.41, 5.74) is 1.94. The van der Waals surface area contributed by atoms with Gasteiger partial charge in [0.1, 0.15) is 5.69 Å². The summed E-state index contributed by atoms with van der Waals surface area (Å²) in [5, 5.41) is 0. The number of likely N-dealkylation sites (tertiary alicyclic amines) is 1. The number of aromatic nitrogens is 4. The Bertz CT molecular complexity index is 594. The van der Waals surface area contributed by atoms with Gasteiger partial charge in [-0.15, -0.1) is 0 Å². The molecular formula is C17H25N5. The zero-order chi connectivity index (χ0) is 15.5. The van der Waals surface area contributed by atoms with E-state index in [-0.39, 0.29) is 0 Å². The third-order valence-electron chi connectivity index (χ3n) is 4.63. The summed E-state index contributed by atoms with van der Waals surface area (Å²) in [6.45, 7) is 6.98. The van der Waals surface area contributed by atoms with Crippen molar-refractivity contribution in [3.05, 3.63) is 30.5 Å². The van der Waals surface area contributed by atoms with Gasteiger partial charge in [-0.05, 0) is 52.1 Å². The third-order valence-corrected chi connectivity index (χ3v) is 4.63. The van der Waals surface area contributed by atoms with E-state index in [1.165, 1.54) is 25.9 Å². The molecule has 0 spiro atoms. The van der Waals surface area contributed by atoms with E-state index in [9.17, 15) is 0 Å². The molecule has 0 saturated carbocycles. The Morgan fingerprint density at radius 1 is 1.14 bits per heavy atom. The summed E-state index contributed by atoms with van der Waals surface area (Å²) in [5.74, 6) is 1.60. The molecule has 0 atom stereocenters. The third kappa shape index (κ3) is 3.35. The Balaban J connectivity index is 1.59. The molecule has 1 fully saturated rings. The van der Waals surface area contributed by atoms with Gasteiger partial charge < -0.3 is 9.47 Å². The zero-order valence-corrected chi connectivity index (χ0v) is 13.7. The van der Waals surface area contributed by atoms with Crippen LogP contribution in [0.2, 0.25) is 0 Å². The Hall–Kier alpha value is -1.75. The van der Waals surface area contributed by atoms with Crippen LogP contribution in [0, 0.1) is 5.92 Å². The first-order chi connectivity index (χ1) is 10.6. The van der Waals surface area contributed by atoms with E-state index in [1.807, 2.05) is 30.2 Å². The van der Waals surface area contributed by atoms with Crippen molar-refractivity contribution < 1.29 is 0 Å². The normalized spacial score (nSPS) is 17.3.